The van der Waals surface area contributed by atoms with Crippen LogP contribution in [-0.2, 0) is 16.6 Å². The number of aromatic nitrogens is 7. The number of benzene rings is 1. The fourth-order valence-electron chi connectivity index (χ4n) is 8.89. The minimum atomic E-state index is -2.86. The first-order valence-electron chi connectivity index (χ1n) is 19.6. The number of hydrogen-bond donors (Lipinski definition) is 2. The molecule has 2 aliphatic heterocycles. The number of nitrogens with one attached hydrogen (secondary N) is 2. The molecule has 16 nitrogen and oxygen atoms in total. The summed E-state index contributed by atoms with van der Waals surface area (Å²) in [5, 5.41) is 13.5. The summed E-state index contributed by atoms with van der Waals surface area (Å²) in [7, 11) is 7.64. The quantitative estimate of drug-likeness (QED) is 0.197. The lowest BCUT2D eigenvalue weighted by Crippen LogP contribution is -2.45. The van der Waals surface area contributed by atoms with E-state index in [4.69, 9.17) is 0 Å². The van der Waals surface area contributed by atoms with Gasteiger partial charge < -0.3 is 20.0 Å². The highest BCUT2D eigenvalue weighted by molar-refractivity contribution is 6.08. The van der Waals surface area contributed by atoms with Crippen LogP contribution in [0.2, 0.25) is 0 Å². The summed E-state index contributed by atoms with van der Waals surface area (Å²) < 4.78 is 34.6. The molecule has 0 spiro atoms. The molecule has 1 unspecified atom stereocenters. The number of alkyl halides is 2. The van der Waals surface area contributed by atoms with Crippen LogP contribution in [0.5, 0.6) is 0 Å². The van der Waals surface area contributed by atoms with Crippen LogP contribution in [0.1, 0.15) is 85.9 Å². The Morgan fingerprint density at radius 1 is 1.00 bits per heavy atom. The Morgan fingerprint density at radius 2 is 1.75 bits per heavy atom. The molecule has 5 aromatic rings. The smallest absolute Gasteiger partial charge is 0.329 e. The van der Waals surface area contributed by atoms with Gasteiger partial charge in [-0.2, -0.15) is 10.2 Å². The molecule has 4 aromatic heterocycles. The van der Waals surface area contributed by atoms with Crippen molar-refractivity contribution in [2.45, 2.75) is 75.9 Å². The summed E-state index contributed by atoms with van der Waals surface area (Å²) in [5.41, 5.74) is 2.97. The van der Waals surface area contributed by atoms with E-state index < -0.39 is 30.0 Å². The number of imidazole rings is 1. The van der Waals surface area contributed by atoms with Crippen LogP contribution in [0.3, 0.4) is 0 Å². The highest BCUT2D eigenvalue weighted by Gasteiger charge is 2.34. The highest BCUT2D eigenvalue weighted by atomic mass is 19.3. The number of fused-ring (bicyclic) bond motifs is 2. The van der Waals surface area contributed by atoms with Gasteiger partial charge in [-0.3, -0.25) is 33.5 Å². The summed E-state index contributed by atoms with van der Waals surface area (Å²) >= 11 is 0. The van der Waals surface area contributed by atoms with E-state index in [1.165, 1.54) is 21.5 Å². The molecule has 0 radical (unpaired) electrons. The van der Waals surface area contributed by atoms with Crippen molar-refractivity contribution in [1.82, 2.24) is 43.7 Å². The lowest BCUT2D eigenvalue weighted by molar-refractivity contribution is -0.135. The van der Waals surface area contributed by atoms with Crippen LogP contribution in [0, 0.1) is 5.92 Å². The maximum absolute atomic E-state index is 14.2. The van der Waals surface area contributed by atoms with Gasteiger partial charge in [-0.25, -0.2) is 23.1 Å². The second-order valence-electron chi connectivity index (χ2n) is 15.9. The lowest BCUT2D eigenvalue weighted by Gasteiger charge is -2.40. The summed E-state index contributed by atoms with van der Waals surface area (Å²) in [4.78, 5) is 62.2. The number of carbonyl (C=O) groups is 3. The molecular weight excluding hydrogens is 739 g/mol. The van der Waals surface area contributed by atoms with Crippen molar-refractivity contribution < 1.29 is 23.2 Å². The zero-order valence-electron chi connectivity index (χ0n) is 32.6. The maximum Gasteiger partial charge on any atom is 0.329 e. The number of para-hydroxylation sites is 1. The van der Waals surface area contributed by atoms with E-state index in [2.05, 4.69) is 42.7 Å². The highest BCUT2D eigenvalue weighted by Crippen LogP contribution is 2.37. The molecule has 6 heterocycles. The van der Waals surface area contributed by atoms with Crippen LogP contribution in [0.4, 0.5) is 25.8 Å². The van der Waals surface area contributed by atoms with E-state index in [9.17, 15) is 28.0 Å². The van der Waals surface area contributed by atoms with Gasteiger partial charge in [-0.15, -0.1) is 0 Å². The molecule has 1 saturated carbocycles. The number of aryl methyl sites for hydroxylation is 1. The van der Waals surface area contributed by atoms with Crippen LogP contribution in [-0.4, -0.2) is 103 Å². The van der Waals surface area contributed by atoms with E-state index in [0.717, 1.165) is 75.1 Å². The topological polar surface area (TPSA) is 160 Å². The van der Waals surface area contributed by atoms with Crippen LogP contribution < -0.4 is 26.1 Å². The van der Waals surface area contributed by atoms with Gasteiger partial charge in [0.25, 0.3) is 12.3 Å². The minimum Gasteiger partial charge on any atom is -0.375 e. The van der Waals surface area contributed by atoms with Crippen molar-refractivity contribution in [1.29, 1.82) is 0 Å². The first-order valence-corrected chi connectivity index (χ1v) is 19.6. The summed E-state index contributed by atoms with van der Waals surface area (Å²) in [6, 6.07) is 5.42. The number of nitrogens with zero attached hydrogens (tertiary/aromatic N) is 10. The van der Waals surface area contributed by atoms with Gasteiger partial charge >= 0.3 is 5.69 Å². The normalized spacial score (nSPS) is 20.9. The third kappa shape index (κ3) is 7.26. The third-order valence-electron chi connectivity index (χ3n) is 12.1. The van der Waals surface area contributed by atoms with Crippen molar-refractivity contribution in [3.8, 4) is 0 Å². The molecule has 2 saturated heterocycles. The number of anilines is 3. The van der Waals surface area contributed by atoms with Gasteiger partial charge in [0.2, 0.25) is 11.8 Å². The standard InChI is InChI=1S/C39H48F2N12O4/c1-47(2)26-18-42-36-27(19-43-52(36)21-26)37(55)44-28-22-51(46-33(28)35(40)41)25-10-8-23(9-11-25)20-48(3)24-14-16-50(17-15-24)29-6-5-7-30-34(29)49(4)39(57)53(30)31-12-13-32(54)45-38(31)56/h5-7,18-19,21-25,31,35H,8-17,20H2,1-4H3,(H,44,55)(H,45,54,56). The Bertz CT molecular complexity index is 2380. The van der Waals surface area contributed by atoms with Crippen molar-refractivity contribution in [2.24, 2.45) is 13.0 Å². The van der Waals surface area contributed by atoms with Gasteiger partial charge in [0.1, 0.15) is 11.6 Å². The van der Waals surface area contributed by atoms with E-state index in [0.29, 0.717) is 29.5 Å². The van der Waals surface area contributed by atoms with Gasteiger partial charge in [-0.05, 0) is 70.0 Å². The number of amides is 3. The largest absolute Gasteiger partial charge is 0.375 e. The van der Waals surface area contributed by atoms with E-state index in [1.807, 2.05) is 37.2 Å². The Hall–Kier alpha value is -5.65. The second kappa shape index (κ2) is 15.4. The molecule has 3 fully saturated rings. The molecule has 1 aliphatic carbocycles. The maximum atomic E-state index is 14.2. The molecule has 3 aliphatic rings. The molecular formula is C39H48F2N12O4. The Labute approximate surface area is 327 Å². The predicted octanol–water partition coefficient (Wildman–Crippen LogP) is 4.14. The molecule has 302 valence electrons. The minimum absolute atomic E-state index is 0.0159. The lowest BCUT2D eigenvalue weighted by atomic mass is 9.85. The molecule has 8 rings (SSSR count). The number of hydrogen-bond acceptors (Lipinski definition) is 10. The fraction of sp³-hybridized carbons (Fsp3) is 0.513. The Balaban J connectivity index is 0.865. The Kier molecular flexibility index (Phi) is 10.3. The van der Waals surface area contributed by atoms with Gasteiger partial charge in [0.15, 0.2) is 11.3 Å². The molecule has 1 aromatic carbocycles. The molecule has 3 amide bonds. The number of halogens is 2. The van der Waals surface area contributed by atoms with Gasteiger partial charge in [-0.1, -0.05) is 6.07 Å². The third-order valence-corrected chi connectivity index (χ3v) is 12.1. The van der Waals surface area contributed by atoms with E-state index >= 15 is 0 Å². The molecule has 1 atom stereocenters. The number of piperidine rings is 2. The molecule has 18 heteroatoms. The van der Waals surface area contributed by atoms with Gasteiger partial charge in [0, 0.05) is 59.4 Å². The summed E-state index contributed by atoms with van der Waals surface area (Å²) in [6.07, 6.45) is 9.23. The molecule has 57 heavy (non-hydrogen) atoms. The molecule has 0 bridgehead atoms. The summed E-state index contributed by atoms with van der Waals surface area (Å²) in [6.45, 7) is 2.56. The average molecular weight is 787 g/mol. The van der Waals surface area contributed by atoms with Crippen molar-refractivity contribution in [2.75, 3.05) is 55.9 Å². The average Bonchev–Trinajstić information content (AvgIpc) is 3.89. The number of rotatable bonds is 10. The Morgan fingerprint density at radius 3 is 2.46 bits per heavy atom. The first-order chi connectivity index (χ1) is 27.4. The van der Waals surface area contributed by atoms with Crippen LogP contribution >= 0.6 is 0 Å². The van der Waals surface area contributed by atoms with Crippen LogP contribution in [0.25, 0.3) is 16.7 Å². The first kappa shape index (κ1) is 38.2. The molecule has 2 N–H and O–H groups in total. The zero-order chi connectivity index (χ0) is 40.1. The van der Waals surface area contributed by atoms with E-state index in [1.54, 1.807) is 28.7 Å². The van der Waals surface area contributed by atoms with E-state index in [-0.39, 0.29) is 35.3 Å². The summed E-state index contributed by atoms with van der Waals surface area (Å²) in [5.74, 6) is -0.887. The van der Waals surface area contributed by atoms with Gasteiger partial charge in [0.05, 0.1) is 52.7 Å². The van der Waals surface area contributed by atoms with Crippen molar-refractivity contribution >= 4 is 51.5 Å². The fourth-order valence-corrected chi connectivity index (χ4v) is 8.89. The predicted molar refractivity (Wildman–Crippen MR) is 210 cm³/mol. The van der Waals surface area contributed by atoms with Crippen LogP contribution in [0.15, 0.2) is 47.8 Å². The monoisotopic (exact) mass is 786 g/mol. The number of carbonyl (C=O) groups excluding carboxylic acids is 3. The van der Waals surface area contributed by atoms with Crippen molar-refractivity contribution in [3.63, 3.8) is 0 Å². The second-order valence-corrected chi connectivity index (χ2v) is 15.9. The zero-order valence-corrected chi connectivity index (χ0v) is 32.6. The van der Waals surface area contributed by atoms with Crippen molar-refractivity contribution in [3.05, 3.63) is 64.7 Å². The number of imide groups is 1. The SMILES string of the molecule is CN(C)c1cnc2c(C(=O)Nc3cn(C4CCC(CN(C)C5CCN(c6cccc7c6n(C)c(=O)n7C6CCC(=O)NC6=O)CC5)CC4)nc3C(F)F)cnn2c1.